The second kappa shape index (κ2) is 6.85. The molecule has 0 N–H and O–H groups in total. The smallest absolute Gasteiger partial charge is 0.307 e. The fraction of sp³-hybridized carbons (Fsp3) is 0.333. The lowest BCUT2D eigenvalue weighted by Crippen LogP contribution is -2.29. The van der Waals surface area contributed by atoms with E-state index in [4.69, 9.17) is 11.6 Å². The van der Waals surface area contributed by atoms with Gasteiger partial charge in [-0.15, -0.1) is 0 Å². The van der Waals surface area contributed by atoms with E-state index in [9.17, 15) is 19.7 Å². The van der Waals surface area contributed by atoms with Gasteiger partial charge < -0.3 is 9.64 Å². The van der Waals surface area contributed by atoms with Crippen LogP contribution in [-0.4, -0.2) is 42.4 Å². The lowest BCUT2D eigenvalue weighted by atomic mass is 10.1. The lowest BCUT2D eigenvalue weighted by molar-refractivity contribution is -0.384. The molecule has 0 aromatic heterocycles. The Kier molecular flexibility index (Phi) is 5.45. The second-order valence-electron chi connectivity index (χ2n) is 3.97. The van der Waals surface area contributed by atoms with E-state index in [-0.39, 0.29) is 29.2 Å². The highest BCUT2D eigenvalue weighted by molar-refractivity contribution is 6.33. The number of nitro groups is 1. The summed E-state index contributed by atoms with van der Waals surface area (Å²) in [5.41, 5.74) is -0.202. The number of methoxy groups -OCH3 is 1. The quantitative estimate of drug-likeness (QED) is 0.470. The third-order valence-corrected chi connectivity index (χ3v) is 2.95. The van der Waals surface area contributed by atoms with Gasteiger partial charge in [0.1, 0.15) is 0 Å². The first-order valence-corrected chi connectivity index (χ1v) is 6.00. The number of carbonyl (C=O) groups excluding carboxylic acids is 2. The van der Waals surface area contributed by atoms with Gasteiger partial charge in [-0.1, -0.05) is 11.6 Å². The molecule has 0 saturated heterocycles. The van der Waals surface area contributed by atoms with Crippen molar-refractivity contribution >= 4 is 29.2 Å². The molecule has 108 valence electrons. The standard InChI is InChI=1S/C12H13ClN2O5/c1-14(6-5-11(16)20-2)12(17)9-7-8(15(18)19)3-4-10(9)13/h3-4,7H,5-6H2,1-2H3. The van der Waals surface area contributed by atoms with Crippen molar-refractivity contribution in [3.63, 3.8) is 0 Å². The van der Waals surface area contributed by atoms with Crippen molar-refractivity contribution in [3.05, 3.63) is 38.9 Å². The van der Waals surface area contributed by atoms with E-state index in [2.05, 4.69) is 4.74 Å². The monoisotopic (exact) mass is 300 g/mol. The number of hydrogen-bond donors (Lipinski definition) is 0. The van der Waals surface area contributed by atoms with Gasteiger partial charge in [0.15, 0.2) is 0 Å². The highest BCUT2D eigenvalue weighted by Crippen LogP contribution is 2.23. The van der Waals surface area contributed by atoms with Crippen LogP contribution < -0.4 is 0 Å². The number of non-ortho nitro benzene ring substituents is 1. The van der Waals surface area contributed by atoms with Crippen LogP contribution in [0, 0.1) is 10.1 Å². The third-order valence-electron chi connectivity index (χ3n) is 2.62. The Morgan fingerprint density at radius 3 is 2.65 bits per heavy atom. The number of hydrogen-bond acceptors (Lipinski definition) is 5. The van der Waals surface area contributed by atoms with E-state index in [0.717, 1.165) is 6.07 Å². The normalized spacial score (nSPS) is 9.95. The fourth-order valence-electron chi connectivity index (χ4n) is 1.46. The topological polar surface area (TPSA) is 89.8 Å². The summed E-state index contributed by atoms with van der Waals surface area (Å²) in [4.78, 5) is 34.4. The first kappa shape index (κ1) is 15.9. The highest BCUT2D eigenvalue weighted by Gasteiger charge is 2.19. The summed E-state index contributed by atoms with van der Waals surface area (Å²) >= 11 is 5.87. The van der Waals surface area contributed by atoms with Crippen molar-refractivity contribution in [2.75, 3.05) is 20.7 Å². The van der Waals surface area contributed by atoms with Gasteiger partial charge in [-0.05, 0) is 6.07 Å². The first-order chi connectivity index (χ1) is 9.36. The maximum Gasteiger partial charge on any atom is 0.307 e. The first-order valence-electron chi connectivity index (χ1n) is 5.63. The van der Waals surface area contributed by atoms with Gasteiger partial charge in [0, 0.05) is 25.7 Å². The number of rotatable bonds is 5. The number of esters is 1. The molecule has 0 atom stereocenters. The molecule has 0 bridgehead atoms. The summed E-state index contributed by atoms with van der Waals surface area (Å²) < 4.78 is 4.47. The zero-order valence-electron chi connectivity index (χ0n) is 11.0. The van der Waals surface area contributed by atoms with E-state index < -0.39 is 16.8 Å². The second-order valence-corrected chi connectivity index (χ2v) is 4.38. The van der Waals surface area contributed by atoms with Crippen molar-refractivity contribution < 1.29 is 19.2 Å². The summed E-state index contributed by atoms with van der Waals surface area (Å²) in [7, 11) is 2.72. The number of amides is 1. The third kappa shape index (κ3) is 3.92. The van der Waals surface area contributed by atoms with Crippen LogP contribution in [0.3, 0.4) is 0 Å². The van der Waals surface area contributed by atoms with Gasteiger partial charge in [0.25, 0.3) is 11.6 Å². The van der Waals surface area contributed by atoms with E-state index >= 15 is 0 Å². The van der Waals surface area contributed by atoms with E-state index in [1.165, 1.54) is 31.2 Å². The van der Waals surface area contributed by atoms with Crippen LogP contribution in [0.1, 0.15) is 16.8 Å². The highest BCUT2D eigenvalue weighted by atomic mass is 35.5. The summed E-state index contributed by atoms with van der Waals surface area (Å²) in [6.07, 6.45) is 0.0330. The Hall–Kier alpha value is -2.15. The molecule has 7 nitrogen and oxygen atoms in total. The van der Waals surface area contributed by atoms with Gasteiger partial charge in [0.2, 0.25) is 0 Å². The minimum absolute atomic E-state index is 0.0215. The number of carbonyl (C=O) groups is 2. The Labute approximate surface area is 120 Å². The van der Waals surface area contributed by atoms with Crippen molar-refractivity contribution in [1.82, 2.24) is 4.90 Å². The molecule has 0 saturated carbocycles. The molecular formula is C12H13ClN2O5. The van der Waals surface area contributed by atoms with Crippen LogP contribution in [0.2, 0.25) is 5.02 Å². The zero-order valence-corrected chi connectivity index (χ0v) is 11.7. The molecule has 0 fully saturated rings. The molecule has 0 heterocycles. The van der Waals surface area contributed by atoms with Gasteiger partial charge >= 0.3 is 5.97 Å². The number of ether oxygens (including phenoxy) is 1. The Balaban J connectivity index is 2.88. The van der Waals surface area contributed by atoms with Crippen molar-refractivity contribution in [3.8, 4) is 0 Å². The van der Waals surface area contributed by atoms with Gasteiger partial charge in [0.05, 0.1) is 29.0 Å². The molecule has 0 aliphatic heterocycles. The average Bonchev–Trinajstić information content (AvgIpc) is 2.43. The fourth-order valence-corrected chi connectivity index (χ4v) is 1.66. The molecule has 1 aromatic carbocycles. The molecule has 1 rings (SSSR count). The van der Waals surface area contributed by atoms with Gasteiger partial charge in [-0.2, -0.15) is 0 Å². The summed E-state index contributed by atoms with van der Waals surface area (Å²) in [6, 6.07) is 3.62. The van der Waals surface area contributed by atoms with Crippen molar-refractivity contribution in [2.45, 2.75) is 6.42 Å². The molecule has 0 spiro atoms. The molecular weight excluding hydrogens is 288 g/mol. The Morgan fingerprint density at radius 2 is 2.10 bits per heavy atom. The molecule has 1 amide bonds. The maximum atomic E-state index is 12.1. The molecule has 20 heavy (non-hydrogen) atoms. The predicted molar refractivity (Wildman–Crippen MR) is 71.7 cm³/mol. The minimum atomic E-state index is -0.610. The maximum absolute atomic E-state index is 12.1. The van der Waals surface area contributed by atoms with Gasteiger partial charge in [-0.25, -0.2) is 0 Å². The van der Waals surface area contributed by atoms with Crippen molar-refractivity contribution in [1.29, 1.82) is 0 Å². The number of nitro benzene ring substituents is 1. The molecule has 0 aliphatic carbocycles. The van der Waals surface area contributed by atoms with Crippen LogP contribution >= 0.6 is 11.6 Å². The summed E-state index contributed by atoms with van der Waals surface area (Å²) in [6.45, 7) is 0.129. The SMILES string of the molecule is COC(=O)CCN(C)C(=O)c1cc([N+](=O)[O-])ccc1Cl. The summed E-state index contributed by atoms with van der Waals surface area (Å²) in [5, 5.41) is 10.8. The largest absolute Gasteiger partial charge is 0.469 e. The van der Waals surface area contributed by atoms with Crippen LogP contribution in [0.5, 0.6) is 0 Å². The minimum Gasteiger partial charge on any atom is -0.469 e. The zero-order chi connectivity index (χ0) is 15.3. The molecule has 0 unspecified atom stereocenters. The lowest BCUT2D eigenvalue weighted by Gasteiger charge is -2.17. The van der Waals surface area contributed by atoms with Crippen molar-refractivity contribution in [2.24, 2.45) is 0 Å². The van der Waals surface area contributed by atoms with Crippen LogP contribution in [0.15, 0.2) is 18.2 Å². The molecule has 0 aliphatic rings. The molecule has 8 heteroatoms. The van der Waals surface area contributed by atoms with E-state index in [1.807, 2.05) is 0 Å². The Morgan fingerprint density at radius 1 is 1.45 bits per heavy atom. The predicted octanol–water partition coefficient (Wildman–Crippen LogP) is 1.88. The summed E-state index contributed by atoms with van der Waals surface area (Å²) in [5.74, 6) is -0.947. The molecule has 0 radical (unpaired) electrons. The number of benzene rings is 1. The number of halogens is 1. The number of nitrogens with zero attached hydrogens (tertiary/aromatic N) is 2. The molecule has 1 aromatic rings. The average molecular weight is 301 g/mol. The van der Waals surface area contributed by atoms with E-state index in [0.29, 0.717) is 0 Å². The Bertz CT molecular complexity index is 547. The van der Waals surface area contributed by atoms with Gasteiger partial charge in [-0.3, -0.25) is 19.7 Å². The van der Waals surface area contributed by atoms with Crippen LogP contribution in [-0.2, 0) is 9.53 Å². The van der Waals surface area contributed by atoms with E-state index in [1.54, 1.807) is 0 Å². The van der Waals surface area contributed by atoms with Crippen LogP contribution in [0.4, 0.5) is 5.69 Å². The van der Waals surface area contributed by atoms with Crippen LogP contribution in [0.25, 0.3) is 0 Å².